The molecular formula is C27H35N7O2. The van der Waals surface area contributed by atoms with Crippen LogP contribution < -0.4 is 22.1 Å². The van der Waals surface area contributed by atoms with Crippen molar-refractivity contribution in [3.8, 4) is 11.1 Å². The molecule has 0 saturated heterocycles. The highest BCUT2D eigenvalue weighted by Crippen LogP contribution is 2.30. The summed E-state index contributed by atoms with van der Waals surface area (Å²) >= 11 is 0. The first-order valence-electron chi connectivity index (χ1n) is 12.5. The Morgan fingerprint density at radius 2 is 1.78 bits per heavy atom. The maximum absolute atomic E-state index is 11.5. The van der Waals surface area contributed by atoms with Gasteiger partial charge in [-0.3, -0.25) is 10.1 Å². The standard InChI is InChI=1S/C27H35N7O2/c1-18-11-23(9-10-24(18)14-29)22-4-2-3-21(12-22)16-31-27-32-17-25(34(35)36)26(33-27)30-15-20-7-5-19(13-28)6-8-20/h2-4,9-12,17,19-20H,5-8,13-16,28-29H2,1H3,(H2,30,31,32,33). The molecule has 0 radical (unpaired) electrons. The number of benzene rings is 2. The molecule has 2 aromatic carbocycles. The molecule has 1 fully saturated rings. The summed E-state index contributed by atoms with van der Waals surface area (Å²) in [4.78, 5) is 19.7. The number of nitrogens with one attached hydrogen (secondary N) is 2. The normalized spacial score (nSPS) is 17.5. The van der Waals surface area contributed by atoms with Crippen molar-refractivity contribution in [1.82, 2.24) is 9.97 Å². The molecule has 1 saturated carbocycles. The predicted octanol–water partition coefficient (Wildman–Crippen LogP) is 4.61. The van der Waals surface area contributed by atoms with Gasteiger partial charge in [-0.2, -0.15) is 4.98 Å². The minimum atomic E-state index is -0.446. The highest BCUT2D eigenvalue weighted by atomic mass is 16.6. The smallest absolute Gasteiger partial charge is 0.329 e. The van der Waals surface area contributed by atoms with Crippen molar-refractivity contribution in [1.29, 1.82) is 0 Å². The Morgan fingerprint density at radius 1 is 1.03 bits per heavy atom. The van der Waals surface area contributed by atoms with Crippen LogP contribution in [0.3, 0.4) is 0 Å². The molecule has 0 unspecified atom stereocenters. The summed E-state index contributed by atoms with van der Waals surface area (Å²) in [6, 6.07) is 14.5. The lowest BCUT2D eigenvalue weighted by Crippen LogP contribution is -2.25. The van der Waals surface area contributed by atoms with Crippen molar-refractivity contribution in [2.75, 3.05) is 23.7 Å². The third-order valence-electron chi connectivity index (χ3n) is 7.10. The van der Waals surface area contributed by atoms with Gasteiger partial charge >= 0.3 is 5.69 Å². The van der Waals surface area contributed by atoms with Crippen molar-refractivity contribution in [3.05, 3.63) is 75.5 Å². The minimum absolute atomic E-state index is 0.116. The number of anilines is 2. The van der Waals surface area contributed by atoms with Gasteiger partial charge in [0.05, 0.1) is 4.92 Å². The van der Waals surface area contributed by atoms with E-state index in [0.29, 0.717) is 37.4 Å². The van der Waals surface area contributed by atoms with Gasteiger partial charge in [-0.1, -0.05) is 36.4 Å². The molecule has 4 rings (SSSR count). The van der Waals surface area contributed by atoms with Crippen LogP contribution in [-0.2, 0) is 13.1 Å². The third-order valence-corrected chi connectivity index (χ3v) is 7.10. The summed E-state index contributed by atoms with van der Waals surface area (Å²) in [5.41, 5.74) is 17.1. The molecule has 0 aliphatic heterocycles. The summed E-state index contributed by atoms with van der Waals surface area (Å²) in [7, 11) is 0. The van der Waals surface area contributed by atoms with E-state index >= 15 is 0 Å². The van der Waals surface area contributed by atoms with E-state index in [9.17, 15) is 10.1 Å². The quantitative estimate of drug-likeness (QED) is 0.239. The Hall–Kier alpha value is -3.56. The van der Waals surface area contributed by atoms with Crippen molar-refractivity contribution in [2.24, 2.45) is 23.3 Å². The average molecular weight is 490 g/mol. The van der Waals surface area contributed by atoms with Crippen LogP contribution in [0.4, 0.5) is 17.5 Å². The van der Waals surface area contributed by atoms with E-state index in [1.54, 1.807) is 0 Å². The van der Waals surface area contributed by atoms with Gasteiger partial charge in [0.15, 0.2) is 0 Å². The van der Waals surface area contributed by atoms with Crippen LogP contribution in [0.2, 0.25) is 0 Å². The molecule has 9 heteroatoms. The van der Waals surface area contributed by atoms with E-state index in [4.69, 9.17) is 11.5 Å². The Labute approximate surface area is 211 Å². The van der Waals surface area contributed by atoms with Crippen molar-refractivity contribution < 1.29 is 4.92 Å². The summed E-state index contributed by atoms with van der Waals surface area (Å²) in [6.45, 7) is 4.47. The number of hydrogen-bond acceptors (Lipinski definition) is 8. The average Bonchev–Trinajstić information content (AvgIpc) is 2.91. The van der Waals surface area contributed by atoms with Crippen molar-refractivity contribution in [3.63, 3.8) is 0 Å². The van der Waals surface area contributed by atoms with Crippen LogP contribution >= 0.6 is 0 Å². The van der Waals surface area contributed by atoms with Crippen molar-refractivity contribution >= 4 is 17.5 Å². The number of hydrogen-bond donors (Lipinski definition) is 4. The van der Waals surface area contributed by atoms with Gasteiger partial charge in [0.2, 0.25) is 11.8 Å². The van der Waals surface area contributed by atoms with Crippen LogP contribution in [0.5, 0.6) is 0 Å². The first kappa shape index (κ1) is 25.5. The number of nitrogens with two attached hydrogens (primary N) is 2. The van der Waals surface area contributed by atoms with Gasteiger partial charge in [0, 0.05) is 19.6 Å². The molecule has 0 bridgehead atoms. The molecular weight excluding hydrogens is 454 g/mol. The molecule has 1 heterocycles. The largest absolute Gasteiger partial charge is 0.364 e. The second-order valence-electron chi connectivity index (χ2n) is 9.59. The Balaban J connectivity index is 1.42. The maximum Gasteiger partial charge on any atom is 0.329 e. The number of aryl methyl sites for hydroxylation is 1. The summed E-state index contributed by atoms with van der Waals surface area (Å²) in [6.07, 6.45) is 5.63. The fraction of sp³-hybridized carbons (Fsp3) is 0.407. The molecule has 3 aromatic rings. The van der Waals surface area contributed by atoms with Crippen molar-refractivity contribution in [2.45, 2.75) is 45.7 Å². The Morgan fingerprint density at radius 3 is 2.47 bits per heavy atom. The molecule has 6 N–H and O–H groups in total. The lowest BCUT2D eigenvalue weighted by atomic mass is 9.82. The summed E-state index contributed by atoms with van der Waals surface area (Å²) in [5.74, 6) is 1.66. The zero-order valence-electron chi connectivity index (χ0n) is 20.7. The van der Waals surface area contributed by atoms with Gasteiger partial charge in [-0.15, -0.1) is 0 Å². The predicted molar refractivity (Wildman–Crippen MR) is 144 cm³/mol. The molecule has 0 spiro atoms. The van der Waals surface area contributed by atoms with Crippen LogP contribution in [-0.4, -0.2) is 28.0 Å². The van der Waals surface area contributed by atoms with Gasteiger partial charge < -0.3 is 22.1 Å². The lowest BCUT2D eigenvalue weighted by Gasteiger charge is -2.27. The number of nitrogens with zero attached hydrogens (tertiary/aromatic N) is 3. The monoisotopic (exact) mass is 489 g/mol. The molecule has 1 aromatic heterocycles. The van der Waals surface area contributed by atoms with E-state index < -0.39 is 4.92 Å². The topological polar surface area (TPSA) is 145 Å². The van der Waals surface area contributed by atoms with Gasteiger partial charge in [0.1, 0.15) is 6.20 Å². The maximum atomic E-state index is 11.5. The number of aromatic nitrogens is 2. The lowest BCUT2D eigenvalue weighted by molar-refractivity contribution is -0.384. The van der Waals surface area contributed by atoms with Crippen LogP contribution in [0.25, 0.3) is 11.1 Å². The SMILES string of the molecule is Cc1cc(-c2cccc(CNc3ncc([N+](=O)[O-])c(NCC4CCC(CN)CC4)n3)c2)ccc1CN. The molecule has 36 heavy (non-hydrogen) atoms. The highest BCUT2D eigenvalue weighted by Gasteiger charge is 2.22. The first-order valence-corrected chi connectivity index (χ1v) is 12.5. The van der Waals surface area contributed by atoms with Crippen LogP contribution in [0.15, 0.2) is 48.7 Å². The van der Waals surface area contributed by atoms with Gasteiger partial charge in [-0.25, -0.2) is 4.98 Å². The minimum Gasteiger partial charge on any atom is -0.364 e. The second-order valence-corrected chi connectivity index (χ2v) is 9.59. The molecule has 9 nitrogen and oxygen atoms in total. The molecule has 1 aliphatic carbocycles. The molecule has 190 valence electrons. The van der Waals surface area contributed by atoms with Crippen LogP contribution in [0, 0.1) is 28.9 Å². The number of nitro groups is 1. The van der Waals surface area contributed by atoms with E-state index in [1.165, 1.54) is 11.8 Å². The molecule has 0 atom stereocenters. The first-order chi connectivity index (χ1) is 17.5. The number of rotatable bonds is 10. The summed E-state index contributed by atoms with van der Waals surface area (Å²) < 4.78 is 0. The zero-order valence-corrected chi connectivity index (χ0v) is 20.7. The molecule has 1 aliphatic rings. The fourth-order valence-corrected chi connectivity index (χ4v) is 4.78. The summed E-state index contributed by atoms with van der Waals surface area (Å²) in [5, 5.41) is 17.9. The highest BCUT2D eigenvalue weighted by molar-refractivity contribution is 5.66. The van der Waals surface area contributed by atoms with Crippen LogP contribution in [0.1, 0.15) is 42.4 Å². The van der Waals surface area contributed by atoms with Gasteiger partial charge in [0.25, 0.3) is 0 Å². The van der Waals surface area contributed by atoms with E-state index in [2.05, 4.69) is 57.9 Å². The Kier molecular flexibility index (Phi) is 8.45. The van der Waals surface area contributed by atoms with E-state index in [1.807, 2.05) is 12.1 Å². The fourth-order valence-electron chi connectivity index (χ4n) is 4.78. The van der Waals surface area contributed by atoms with E-state index in [0.717, 1.165) is 54.5 Å². The third kappa shape index (κ3) is 6.35. The molecule has 0 amide bonds. The van der Waals surface area contributed by atoms with E-state index in [-0.39, 0.29) is 11.5 Å². The second kappa shape index (κ2) is 11.9. The van der Waals surface area contributed by atoms with Gasteiger partial charge in [-0.05, 0) is 84.9 Å². The zero-order chi connectivity index (χ0) is 25.5. The Bertz CT molecular complexity index is 1190.